The third-order valence-electron chi connectivity index (χ3n) is 6.22. The van der Waals surface area contributed by atoms with Crippen LogP contribution in [0.5, 0.6) is 0 Å². The molecule has 192 valence electrons. The normalized spacial score (nSPS) is 14.1. The Morgan fingerprint density at radius 3 is 1.95 bits per heavy atom. The first kappa shape index (κ1) is 25.8. The van der Waals surface area contributed by atoms with Crippen molar-refractivity contribution in [3.05, 3.63) is 89.5 Å². The second kappa shape index (κ2) is 9.97. The molecule has 1 aliphatic rings. The molecule has 0 radical (unpaired) electrons. The lowest BCUT2D eigenvalue weighted by molar-refractivity contribution is -0.163. The molecule has 0 spiro atoms. The molecule has 1 atom stereocenters. The number of carboxylic acids is 1. The number of benzene rings is 3. The van der Waals surface area contributed by atoms with Crippen LogP contribution in [0.15, 0.2) is 72.8 Å². The van der Waals surface area contributed by atoms with E-state index in [9.17, 15) is 19.5 Å². The van der Waals surface area contributed by atoms with Crippen molar-refractivity contribution in [3.63, 3.8) is 0 Å². The van der Waals surface area contributed by atoms with Gasteiger partial charge in [-0.05, 0) is 60.7 Å². The van der Waals surface area contributed by atoms with Gasteiger partial charge in [-0.15, -0.1) is 0 Å². The number of ether oxygens (including phenoxy) is 2. The Kier molecular flexibility index (Phi) is 6.94. The topological polar surface area (TPSA) is 128 Å². The first-order valence-corrected chi connectivity index (χ1v) is 11.9. The second-order valence-electron chi connectivity index (χ2n) is 10.1. The molecule has 0 heterocycles. The average molecular weight is 503 g/mol. The largest absolute Gasteiger partial charge is 0.479 e. The number of carbonyl (C=O) groups excluding carboxylic acids is 2. The number of alkyl carbamates (subject to hydrolysis) is 1. The van der Waals surface area contributed by atoms with E-state index in [-0.39, 0.29) is 18.9 Å². The van der Waals surface area contributed by atoms with Crippen LogP contribution in [0, 0.1) is 0 Å². The summed E-state index contributed by atoms with van der Waals surface area (Å²) in [6.07, 6.45) is -1.41. The Balaban J connectivity index is 1.64. The molecule has 0 saturated heterocycles. The van der Waals surface area contributed by atoms with Crippen molar-refractivity contribution in [2.75, 3.05) is 12.3 Å². The van der Waals surface area contributed by atoms with Crippen molar-refractivity contribution in [1.29, 1.82) is 0 Å². The van der Waals surface area contributed by atoms with Crippen LogP contribution in [-0.2, 0) is 25.5 Å². The first-order valence-electron chi connectivity index (χ1n) is 11.9. The Hall–Kier alpha value is -4.33. The fraction of sp³-hybridized carbons (Fsp3) is 0.276. The van der Waals surface area contributed by atoms with Gasteiger partial charge in [-0.2, -0.15) is 0 Å². The molecule has 4 rings (SSSR count). The molecule has 8 nitrogen and oxygen atoms in total. The number of esters is 1. The van der Waals surface area contributed by atoms with Crippen LogP contribution in [0.3, 0.4) is 0 Å². The minimum atomic E-state index is -2.42. The molecule has 3 aromatic rings. The molecular formula is C29H30N2O6. The first-order chi connectivity index (χ1) is 17.5. The summed E-state index contributed by atoms with van der Waals surface area (Å²) in [6, 6.07) is 22.0. The van der Waals surface area contributed by atoms with E-state index in [4.69, 9.17) is 15.2 Å². The van der Waals surface area contributed by atoms with Gasteiger partial charge >= 0.3 is 18.0 Å². The molecular weight excluding hydrogens is 472 g/mol. The van der Waals surface area contributed by atoms with E-state index in [0.717, 1.165) is 22.3 Å². The molecule has 1 amide bonds. The van der Waals surface area contributed by atoms with Crippen molar-refractivity contribution in [2.24, 2.45) is 0 Å². The van der Waals surface area contributed by atoms with Gasteiger partial charge in [-0.3, -0.25) is 5.32 Å². The summed E-state index contributed by atoms with van der Waals surface area (Å²) < 4.78 is 11.0. The summed E-state index contributed by atoms with van der Waals surface area (Å²) in [4.78, 5) is 38.9. The molecule has 0 saturated carbocycles. The number of nitrogen functional groups attached to an aromatic ring is 1. The summed E-state index contributed by atoms with van der Waals surface area (Å²) in [5.41, 5.74) is 7.43. The molecule has 0 fully saturated rings. The Labute approximate surface area is 215 Å². The number of fused-ring (bicyclic) bond motifs is 3. The molecule has 8 heteroatoms. The Morgan fingerprint density at radius 2 is 1.43 bits per heavy atom. The molecule has 37 heavy (non-hydrogen) atoms. The summed E-state index contributed by atoms with van der Waals surface area (Å²) >= 11 is 0. The van der Waals surface area contributed by atoms with Crippen molar-refractivity contribution in [1.82, 2.24) is 5.32 Å². The van der Waals surface area contributed by atoms with Crippen LogP contribution in [-0.4, -0.2) is 40.9 Å². The van der Waals surface area contributed by atoms with Crippen molar-refractivity contribution < 1.29 is 29.0 Å². The molecule has 0 unspecified atom stereocenters. The number of anilines is 1. The van der Waals surface area contributed by atoms with Gasteiger partial charge in [0, 0.05) is 18.0 Å². The Bertz CT molecular complexity index is 1280. The van der Waals surface area contributed by atoms with Crippen LogP contribution in [0.25, 0.3) is 11.1 Å². The maximum absolute atomic E-state index is 13.6. The van der Waals surface area contributed by atoms with Crippen LogP contribution < -0.4 is 11.1 Å². The number of hydrogen-bond donors (Lipinski definition) is 3. The number of carbonyl (C=O) groups is 3. The van der Waals surface area contributed by atoms with E-state index in [1.165, 1.54) is 0 Å². The van der Waals surface area contributed by atoms with Crippen LogP contribution >= 0.6 is 0 Å². The lowest BCUT2D eigenvalue weighted by Crippen LogP contribution is -2.63. The van der Waals surface area contributed by atoms with E-state index in [1.54, 1.807) is 45.0 Å². The number of hydrogen-bond acceptors (Lipinski definition) is 6. The van der Waals surface area contributed by atoms with Gasteiger partial charge < -0.3 is 20.3 Å². The third kappa shape index (κ3) is 5.43. The van der Waals surface area contributed by atoms with Gasteiger partial charge in [-0.25, -0.2) is 14.4 Å². The monoisotopic (exact) mass is 502 g/mol. The van der Waals surface area contributed by atoms with Gasteiger partial charge in [0.15, 0.2) is 0 Å². The maximum Gasteiger partial charge on any atom is 0.409 e. The highest BCUT2D eigenvalue weighted by Crippen LogP contribution is 2.44. The fourth-order valence-electron chi connectivity index (χ4n) is 4.52. The van der Waals surface area contributed by atoms with Gasteiger partial charge in [0.1, 0.15) is 12.2 Å². The highest BCUT2D eigenvalue weighted by atomic mass is 16.6. The summed E-state index contributed by atoms with van der Waals surface area (Å²) in [7, 11) is 0. The predicted molar refractivity (Wildman–Crippen MR) is 139 cm³/mol. The highest BCUT2D eigenvalue weighted by molar-refractivity contribution is 6.07. The van der Waals surface area contributed by atoms with E-state index in [2.05, 4.69) is 5.32 Å². The predicted octanol–water partition coefficient (Wildman–Crippen LogP) is 4.52. The number of nitrogens with one attached hydrogen (secondary N) is 1. The summed E-state index contributed by atoms with van der Waals surface area (Å²) in [5, 5.41) is 12.6. The van der Waals surface area contributed by atoms with E-state index >= 15 is 0 Å². The van der Waals surface area contributed by atoms with Gasteiger partial charge in [0.2, 0.25) is 5.54 Å². The lowest BCUT2D eigenvalue weighted by Gasteiger charge is -2.30. The van der Waals surface area contributed by atoms with Crippen molar-refractivity contribution in [2.45, 2.75) is 44.2 Å². The zero-order valence-electron chi connectivity index (χ0n) is 21.0. The number of amides is 1. The smallest absolute Gasteiger partial charge is 0.409 e. The standard InChI is InChI=1S/C29H30N2O6/c1-28(2,3)37-27(35)31-29(25(32)33,16-18-12-14-19(30)15-13-18)26(34)36-17-24-22-10-6-4-8-20(22)21-9-5-7-11-23(21)24/h4-15,24H,16-17,30H2,1-3H3,(H,31,35)(H,32,33)/t29-/m1/s1. The highest BCUT2D eigenvalue weighted by Gasteiger charge is 2.51. The molecule has 0 bridgehead atoms. The van der Waals surface area contributed by atoms with Gasteiger partial charge in [0.25, 0.3) is 0 Å². The molecule has 3 aromatic carbocycles. The number of carboxylic acid groups (broad SMARTS) is 1. The molecule has 1 aliphatic carbocycles. The Morgan fingerprint density at radius 1 is 0.892 bits per heavy atom. The maximum atomic E-state index is 13.6. The number of aliphatic carboxylic acids is 1. The van der Waals surface area contributed by atoms with Crippen molar-refractivity contribution in [3.8, 4) is 11.1 Å². The number of nitrogens with two attached hydrogens (primary N) is 1. The minimum absolute atomic E-state index is 0.0976. The SMILES string of the molecule is CC(C)(C)OC(=O)N[C@](Cc1ccc(N)cc1)(C(=O)O)C(=O)OCC1c2ccccc2-c2ccccc21. The number of rotatable bonds is 7. The zero-order chi connectivity index (χ0) is 26.8. The minimum Gasteiger partial charge on any atom is -0.479 e. The van der Waals surface area contributed by atoms with Crippen LogP contribution in [0.1, 0.15) is 43.4 Å². The molecule has 0 aromatic heterocycles. The summed E-state index contributed by atoms with van der Waals surface area (Å²) in [5.74, 6) is -2.93. The van der Waals surface area contributed by atoms with Crippen LogP contribution in [0.4, 0.5) is 10.5 Å². The van der Waals surface area contributed by atoms with E-state index in [0.29, 0.717) is 11.3 Å². The van der Waals surface area contributed by atoms with Crippen molar-refractivity contribution >= 4 is 23.7 Å². The lowest BCUT2D eigenvalue weighted by atomic mass is 9.90. The van der Waals surface area contributed by atoms with E-state index in [1.807, 2.05) is 48.5 Å². The average Bonchev–Trinajstić information content (AvgIpc) is 3.16. The molecule has 4 N–H and O–H groups in total. The quantitative estimate of drug-likeness (QED) is 0.246. The van der Waals surface area contributed by atoms with E-state index < -0.39 is 29.2 Å². The van der Waals surface area contributed by atoms with Gasteiger partial charge in [-0.1, -0.05) is 60.7 Å². The summed E-state index contributed by atoms with van der Waals surface area (Å²) in [6.45, 7) is 4.83. The van der Waals surface area contributed by atoms with Gasteiger partial charge in [0.05, 0.1) is 0 Å². The fourth-order valence-corrected chi connectivity index (χ4v) is 4.52. The van der Waals surface area contributed by atoms with Crippen LogP contribution in [0.2, 0.25) is 0 Å². The molecule has 0 aliphatic heterocycles. The zero-order valence-corrected chi connectivity index (χ0v) is 21.0. The second-order valence-corrected chi connectivity index (χ2v) is 10.1. The third-order valence-corrected chi connectivity index (χ3v) is 6.22.